The second-order valence-corrected chi connectivity index (χ2v) is 6.01. The second-order valence-electron chi connectivity index (χ2n) is 6.01. The number of ether oxygens (including phenoxy) is 2. The summed E-state index contributed by atoms with van der Waals surface area (Å²) in [5.74, 6) is 0.563. The number of carbonyl (C=O) groups excluding carboxylic acids is 2. The third-order valence-electron chi connectivity index (χ3n) is 4.19. The molecule has 132 valence electrons. The fourth-order valence-corrected chi connectivity index (χ4v) is 2.64. The molecule has 0 radical (unpaired) electrons. The molecule has 0 saturated heterocycles. The van der Waals surface area contributed by atoms with Crippen molar-refractivity contribution in [3.8, 4) is 11.5 Å². The van der Waals surface area contributed by atoms with Gasteiger partial charge in [0.15, 0.2) is 11.5 Å². The molecule has 1 aliphatic rings. The minimum Gasteiger partial charge on any atom is -0.493 e. The van der Waals surface area contributed by atoms with Crippen LogP contribution in [-0.2, 0) is 9.59 Å². The van der Waals surface area contributed by atoms with E-state index in [1.807, 2.05) is 0 Å². The Morgan fingerprint density at radius 2 is 1.79 bits per heavy atom. The van der Waals surface area contributed by atoms with E-state index in [1.54, 1.807) is 32.4 Å². The molecule has 2 rings (SSSR count). The topological polar surface area (TPSA) is 76.7 Å². The largest absolute Gasteiger partial charge is 0.493 e. The van der Waals surface area contributed by atoms with Gasteiger partial charge < -0.3 is 20.1 Å². The number of unbranched alkanes of at least 4 members (excludes halogenated alkanes) is 2. The molecule has 2 amide bonds. The van der Waals surface area contributed by atoms with Gasteiger partial charge >= 0.3 is 0 Å². The van der Waals surface area contributed by atoms with Gasteiger partial charge in [0.25, 0.3) is 0 Å². The fourth-order valence-electron chi connectivity index (χ4n) is 2.64. The molecular weight excluding hydrogens is 308 g/mol. The van der Waals surface area contributed by atoms with Crippen LogP contribution in [0.2, 0.25) is 0 Å². The first-order chi connectivity index (χ1) is 11.6. The Hall–Kier alpha value is -2.24. The molecule has 1 fully saturated rings. The summed E-state index contributed by atoms with van der Waals surface area (Å²) in [6.07, 6.45) is 3.82. The van der Waals surface area contributed by atoms with E-state index in [0.717, 1.165) is 19.3 Å². The first kappa shape index (κ1) is 18.1. The van der Waals surface area contributed by atoms with E-state index < -0.39 is 0 Å². The molecule has 1 saturated carbocycles. The summed E-state index contributed by atoms with van der Waals surface area (Å²) in [7, 11) is 3.10. The van der Waals surface area contributed by atoms with E-state index >= 15 is 0 Å². The Balaban J connectivity index is 1.83. The minimum atomic E-state index is -0.246. The van der Waals surface area contributed by atoms with Crippen molar-refractivity contribution in [3.63, 3.8) is 0 Å². The van der Waals surface area contributed by atoms with Gasteiger partial charge in [-0.1, -0.05) is 19.8 Å². The minimum absolute atomic E-state index is 0.0152. The smallest absolute Gasteiger partial charge is 0.228 e. The molecule has 1 aromatic carbocycles. The van der Waals surface area contributed by atoms with Gasteiger partial charge in [-0.15, -0.1) is 0 Å². The summed E-state index contributed by atoms with van der Waals surface area (Å²) < 4.78 is 10.4. The summed E-state index contributed by atoms with van der Waals surface area (Å²) in [6.45, 7) is 2.81. The van der Waals surface area contributed by atoms with Gasteiger partial charge in [0, 0.05) is 18.3 Å². The Morgan fingerprint density at radius 3 is 2.46 bits per heavy atom. The van der Waals surface area contributed by atoms with E-state index in [2.05, 4.69) is 17.6 Å². The summed E-state index contributed by atoms with van der Waals surface area (Å²) in [5.41, 5.74) is 0.631. The SMILES string of the molecule is CCCCCNC(=O)C1CC1C(=O)Nc1ccc(OC)c(OC)c1. The Morgan fingerprint density at radius 1 is 1.08 bits per heavy atom. The maximum absolute atomic E-state index is 12.3. The molecule has 6 nitrogen and oxygen atoms in total. The molecule has 6 heteroatoms. The fraction of sp³-hybridized carbons (Fsp3) is 0.556. The van der Waals surface area contributed by atoms with Gasteiger partial charge in [-0.3, -0.25) is 9.59 Å². The standard InChI is InChI=1S/C18H26N2O4/c1-4-5-6-9-19-17(21)13-11-14(13)18(22)20-12-7-8-15(23-2)16(10-12)24-3/h7-8,10,13-14H,4-6,9,11H2,1-3H3,(H,19,21)(H,20,22). The first-order valence-corrected chi connectivity index (χ1v) is 8.41. The lowest BCUT2D eigenvalue weighted by atomic mass is 10.2. The van der Waals surface area contributed by atoms with Crippen LogP contribution in [0.25, 0.3) is 0 Å². The zero-order valence-corrected chi connectivity index (χ0v) is 14.6. The number of methoxy groups -OCH3 is 2. The molecule has 1 aliphatic carbocycles. The number of nitrogens with one attached hydrogen (secondary N) is 2. The van der Waals surface area contributed by atoms with Gasteiger partial charge in [0.05, 0.1) is 26.1 Å². The van der Waals surface area contributed by atoms with Crippen LogP contribution in [0.15, 0.2) is 18.2 Å². The monoisotopic (exact) mass is 334 g/mol. The maximum atomic E-state index is 12.3. The molecular formula is C18H26N2O4. The van der Waals surface area contributed by atoms with Crippen LogP contribution in [0.1, 0.15) is 32.6 Å². The molecule has 2 atom stereocenters. The van der Waals surface area contributed by atoms with Crippen LogP contribution in [0.3, 0.4) is 0 Å². The number of hydrogen-bond donors (Lipinski definition) is 2. The Labute approximate surface area is 142 Å². The molecule has 2 unspecified atom stereocenters. The average molecular weight is 334 g/mol. The van der Waals surface area contributed by atoms with Crippen LogP contribution >= 0.6 is 0 Å². The van der Waals surface area contributed by atoms with Crippen LogP contribution in [0.4, 0.5) is 5.69 Å². The van der Waals surface area contributed by atoms with E-state index in [4.69, 9.17) is 9.47 Å². The highest BCUT2D eigenvalue weighted by molar-refractivity contribution is 5.99. The number of benzene rings is 1. The second kappa shape index (κ2) is 8.57. The first-order valence-electron chi connectivity index (χ1n) is 8.41. The third kappa shape index (κ3) is 4.63. The highest BCUT2D eigenvalue weighted by Gasteiger charge is 2.47. The molecule has 0 bridgehead atoms. The van der Waals surface area contributed by atoms with Crippen molar-refractivity contribution in [1.29, 1.82) is 0 Å². The number of rotatable bonds is 9. The van der Waals surface area contributed by atoms with E-state index in [1.165, 1.54) is 0 Å². The number of amides is 2. The lowest BCUT2D eigenvalue weighted by Crippen LogP contribution is -2.28. The number of carbonyl (C=O) groups is 2. The molecule has 1 aromatic rings. The van der Waals surface area contributed by atoms with Crippen molar-refractivity contribution < 1.29 is 19.1 Å². The van der Waals surface area contributed by atoms with Crippen molar-refractivity contribution in [2.24, 2.45) is 11.8 Å². The van der Waals surface area contributed by atoms with Crippen LogP contribution in [-0.4, -0.2) is 32.6 Å². The maximum Gasteiger partial charge on any atom is 0.228 e. The van der Waals surface area contributed by atoms with E-state index in [-0.39, 0.29) is 23.7 Å². The van der Waals surface area contributed by atoms with Crippen molar-refractivity contribution in [2.45, 2.75) is 32.6 Å². The highest BCUT2D eigenvalue weighted by atomic mass is 16.5. The van der Waals surface area contributed by atoms with Gasteiger partial charge in [-0.05, 0) is 25.0 Å². The van der Waals surface area contributed by atoms with Gasteiger partial charge in [-0.2, -0.15) is 0 Å². The van der Waals surface area contributed by atoms with Crippen molar-refractivity contribution in [1.82, 2.24) is 5.32 Å². The van der Waals surface area contributed by atoms with Crippen molar-refractivity contribution in [3.05, 3.63) is 18.2 Å². The molecule has 24 heavy (non-hydrogen) atoms. The molecule has 0 spiro atoms. The number of anilines is 1. The summed E-state index contributed by atoms with van der Waals surface area (Å²) in [4.78, 5) is 24.2. The normalized spacial score (nSPS) is 18.6. The zero-order chi connectivity index (χ0) is 17.5. The summed E-state index contributed by atoms with van der Waals surface area (Å²) >= 11 is 0. The van der Waals surface area contributed by atoms with Gasteiger partial charge in [-0.25, -0.2) is 0 Å². The average Bonchev–Trinajstić information content (AvgIpc) is 3.39. The molecule has 0 heterocycles. The lowest BCUT2D eigenvalue weighted by Gasteiger charge is -2.10. The molecule has 0 aliphatic heterocycles. The summed E-state index contributed by atoms with van der Waals surface area (Å²) in [5, 5.41) is 5.74. The zero-order valence-electron chi connectivity index (χ0n) is 14.6. The third-order valence-corrected chi connectivity index (χ3v) is 4.19. The van der Waals surface area contributed by atoms with Gasteiger partial charge in [0.1, 0.15) is 0 Å². The van der Waals surface area contributed by atoms with Crippen molar-refractivity contribution >= 4 is 17.5 Å². The van der Waals surface area contributed by atoms with Crippen LogP contribution in [0, 0.1) is 11.8 Å². The van der Waals surface area contributed by atoms with E-state index in [0.29, 0.717) is 30.2 Å². The predicted octanol–water partition coefficient (Wildman–Crippen LogP) is 2.58. The predicted molar refractivity (Wildman–Crippen MR) is 92.3 cm³/mol. The highest BCUT2D eigenvalue weighted by Crippen LogP contribution is 2.40. The molecule has 0 aromatic heterocycles. The lowest BCUT2D eigenvalue weighted by molar-refractivity contribution is -0.125. The molecule has 2 N–H and O–H groups in total. The quantitative estimate of drug-likeness (QED) is 0.681. The number of hydrogen-bond acceptors (Lipinski definition) is 4. The van der Waals surface area contributed by atoms with Gasteiger partial charge in [0.2, 0.25) is 11.8 Å². The van der Waals surface area contributed by atoms with Crippen molar-refractivity contribution in [2.75, 3.05) is 26.1 Å². The Kier molecular flexibility index (Phi) is 6.46. The van der Waals surface area contributed by atoms with Crippen LogP contribution < -0.4 is 20.1 Å². The van der Waals surface area contributed by atoms with Crippen LogP contribution in [0.5, 0.6) is 11.5 Å². The summed E-state index contributed by atoms with van der Waals surface area (Å²) in [6, 6.07) is 5.19. The Bertz CT molecular complexity index is 588. The van der Waals surface area contributed by atoms with E-state index in [9.17, 15) is 9.59 Å².